The number of rotatable bonds is 6. The number of hydrogen-bond acceptors (Lipinski definition) is 4. The number of nitrogens with one attached hydrogen (secondary N) is 1. The summed E-state index contributed by atoms with van der Waals surface area (Å²) in [5, 5.41) is 3.69. The first-order chi connectivity index (χ1) is 14.9. The van der Waals surface area contributed by atoms with Crippen molar-refractivity contribution in [3.8, 4) is 17.2 Å². The highest BCUT2D eigenvalue weighted by atomic mass is 35.5. The summed E-state index contributed by atoms with van der Waals surface area (Å²) in [4.78, 5) is 16.7. The molecule has 158 valence electrons. The summed E-state index contributed by atoms with van der Waals surface area (Å²) in [7, 11) is 0. The average Bonchev–Trinajstić information content (AvgIpc) is 3.15. The Kier molecular flexibility index (Phi) is 6.16. The molecule has 4 aromatic rings. The number of ether oxygens (including phenoxy) is 1. The third-order valence-corrected chi connectivity index (χ3v) is 5.48. The molecular weight excluding hydrogens is 435 g/mol. The van der Waals surface area contributed by atoms with Gasteiger partial charge in [-0.05, 0) is 73.0 Å². The van der Waals surface area contributed by atoms with Crippen molar-refractivity contribution in [3.05, 3.63) is 81.3 Å². The van der Waals surface area contributed by atoms with Gasteiger partial charge in [-0.2, -0.15) is 0 Å². The van der Waals surface area contributed by atoms with Gasteiger partial charge in [0.2, 0.25) is 5.89 Å². The Balaban J connectivity index is 1.34. The maximum atomic E-state index is 12.1. The Morgan fingerprint density at radius 2 is 1.77 bits per heavy atom. The molecule has 0 radical (unpaired) electrons. The molecule has 1 amide bonds. The minimum absolute atomic E-state index is 0.138. The van der Waals surface area contributed by atoms with E-state index in [-0.39, 0.29) is 12.5 Å². The molecule has 5 nitrogen and oxygen atoms in total. The summed E-state index contributed by atoms with van der Waals surface area (Å²) >= 11 is 11.9. The van der Waals surface area contributed by atoms with E-state index in [1.807, 2.05) is 36.4 Å². The van der Waals surface area contributed by atoms with E-state index in [0.29, 0.717) is 28.2 Å². The van der Waals surface area contributed by atoms with E-state index in [9.17, 15) is 4.79 Å². The summed E-state index contributed by atoms with van der Waals surface area (Å²) < 4.78 is 11.3. The smallest absolute Gasteiger partial charge is 0.258 e. The lowest BCUT2D eigenvalue weighted by molar-refractivity contribution is -0.123. The zero-order valence-electron chi connectivity index (χ0n) is 17.0. The first kappa shape index (κ1) is 21.2. The van der Waals surface area contributed by atoms with Gasteiger partial charge in [0.05, 0.1) is 5.02 Å². The minimum atomic E-state index is -0.250. The molecule has 1 heterocycles. The maximum absolute atomic E-state index is 12.1. The van der Waals surface area contributed by atoms with Crippen molar-refractivity contribution < 1.29 is 13.9 Å². The lowest BCUT2D eigenvalue weighted by Gasteiger charge is -2.09. The van der Waals surface area contributed by atoms with Crippen LogP contribution in [0.2, 0.25) is 10.0 Å². The van der Waals surface area contributed by atoms with E-state index in [1.165, 1.54) is 11.1 Å². The van der Waals surface area contributed by atoms with Crippen LogP contribution >= 0.6 is 23.2 Å². The standard InChI is InChI=1S/C24H20Cl2N2O3/c1-14-9-20-22(10-15(14)2)31-24(28-20)17-5-3-16(4-6-17)12-27-23(29)13-30-21-8-7-18(25)11-19(21)26/h3-11H,12-13H2,1-2H3,(H,27,29). The van der Waals surface area contributed by atoms with Crippen LogP contribution < -0.4 is 10.1 Å². The number of aryl methyl sites for hydroxylation is 2. The van der Waals surface area contributed by atoms with E-state index < -0.39 is 0 Å². The highest BCUT2D eigenvalue weighted by Gasteiger charge is 2.10. The molecular formula is C24H20Cl2N2O3. The van der Waals surface area contributed by atoms with Gasteiger partial charge in [-0.1, -0.05) is 35.3 Å². The number of amides is 1. The van der Waals surface area contributed by atoms with E-state index in [2.05, 4.69) is 24.1 Å². The molecule has 4 rings (SSSR count). The summed E-state index contributed by atoms with van der Waals surface area (Å²) in [5.41, 5.74) is 5.79. The second-order valence-corrected chi connectivity index (χ2v) is 8.10. The van der Waals surface area contributed by atoms with Crippen molar-refractivity contribution >= 4 is 40.2 Å². The van der Waals surface area contributed by atoms with Crippen LogP contribution in [0.1, 0.15) is 16.7 Å². The Hall–Kier alpha value is -3.02. The molecule has 0 saturated heterocycles. The first-order valence-electron chi connectivity index (χ1n) is 9.71. The highest BCUT2D eigenvalue weighted by Crippen LogP contribution is 2.28. The van der Waals surface area contributed by atoms with Gasteiger partial charge in [0.1, 0.15) is 11.3 Å². The molecule has 0 fully saturated rings. The summed E-state index contributed by atoms with van der Waals surface area (Å²) in [5.74, 6) is 0.734. The van der Waals surface area contributed by atoms with Crippen molar-refractivity contribution in [2.45, 2.75) is 20.4 Å². The highest BCUT2D eigenvalue weighted by molar-refractivity contribution is 6.35. The Labute approximate surface area is 189 Å². The topological polar surface area (TPSA) is 64.4 Å². The van der Waals surface area contributed by atoms with Gasteiger partial charge in [0, 0.05) is 17.1 Å². The molecule has 1 aromatic heterocycles. The minimum Gasteiger partial charge on any atom is -0.482 e. The SMILES string of the molecule is Cc1cc2nc(-c3ccc(CNC(=O)COc4ccc(Cl)cc4Cl)cc3)oc2cc1C. The lowest BCUT2D eigenvalue weighted by atomic mass is 10.1. The van der Waals surface area contributed by atoms with E-state index in [4.69, 9.17) is 32.4 Å². The first-order valence-corrected chi connectivity index (χ1v) is 10.5. The normalized spacial score (nSPS) is 11.0. The van der Waals surface area contributed by atoms with Gasteiger partial charge in [0.15, 0.2) is 12.2 Å². The van der Waals surface area contributed by atoms with Crippen molar-refractivity contribution in [2.75, 3.05) is 6.61 Å². The molecule has 1 N–H and O–H groups in total. The van der Waals surface area contributed by atoms with Crippen LogP contribution in [0.25, 0.3) is 22.6 Å². The summed E-state index contributed by atoms with van der Waals surface area (Å²) in [6.07, 6.45) is 0. The zero-order chi connectivity index (χ0) is 22.0. The van der Waals surface area contributed by atoms with E-state index in [1.54, 1.807) is 18.2 Å². The second kappa shape index (κ2) is 9.00. The molecule has 7 heteroatoms. The summed E-state index contributed by atoms with van der Waals surface area (Å²) in [6.45, 7) is 4.35. The van der Waals surface area contributed by atoms with Crippen LogP contribution in [0, 0.1) is 13.8 Å². The van der Waals surface area contributed by atoms with Gasteiger partial charge in [0.25, 0.3) is 5.91 Å². The van der Waals surface area contributed by atoms with Crippen LogP contribution in [0.5, 0.6) is 5.75 Å². The molecule has 3 aromatic carbocycles. The number of hydrogen-bond donors (Lipinski definition) is 1. The number of fused-ring (bicyclic) bond motifs is 1. The largest absolute Gasteiger partial charge is 0.482 e. The van der Waals surface area contributed by atoms with Gasteiger partial charge >= 0.3 is 0 Å². The third-order valence-electron chi connectivity index (χ3n) is 4.95. The fourth-order valence-corrected chi connectivity index (χ4v) is 3.52. The number of carbonyl (C=O) groups excluding carboxylic acids is 1. The van der Waals surface area contributed by atoms with Crippen LogP contribution in [0.3, 0.4) is 0 Å². The predicted octanol–water partition coefficient (Wildman–Crippen LogP) is 6.11. The van der Waals surface area contributed by atoms with Crippen molar-refractivity contribution in [1.82, 2.24) is 10.3 Å². The molecule has 0 bridgehead atoms. The fraction of sp³-hybridized carbons (Fsp3) is 0.167. The zero-order valence-corrected chi connectivity index (χ0v) is 18.6. The molecule has 0 spiro atoms. The van der Waals surface area contributed by atoms with E-state index >= 15 is 0 Å². The Bertz CT molecular complexity index is 1210. The van der Waals surface area contributed by atoms with Gasteiger partial charge < -0.3 is 14.5 Å². The van der Waals surface area contributed by atoms with Crippen LogP contribution in [0.15, 0.2) is 59.0 Å². The molecule has 0 aliphatic rings. The third kappa shape index (κ3) is 5.01. The molecule has 0 unspecified atom stereocenters. The summed E-state index contributed by atoms with van der Waals surface area (Å²) in [6, 6.07) is 16.6. The Morgan fingerprint density at radius 1 is 1.03 bits per heavy atom. The maximum Gasteiger partial charge on any atom is 0.258 e. The number of benzene rings is 3. The molecule has 0 saturated carbocycles. The van der Waals surface area contributed by atoms with Crippen molar-refractivity contribution in [3.63, 3.8) is 0 Å². The number of nitrogens with zero attached hydrogens (tertiary/aromatic N) is 1. The van der Waals surface area contributed by atoms with E-state index in [0.717, 1.165) is 22.2 Å². The predicted molar refractivity (Wildman–Crippen MR) is 123 cm³/mol. The number of oxazole rings is 1. The van der Waals surface area contributed by atoms with Crippen molar-refractivity contribution in [1.29, 1.82) is 0 Å². The van der Waals surface area contributed by atoms with Gasteiger partial charge in [-0.3, -0.25) is 4.79 Å². The van der Waals surface area contributed by atoms with Crippen LogP contribution in [0.4, 0.5) is 0 Å². The van der Waals surface area contributed by atoms with Crippen LogP contribution in [-0.4, -0.2) is 17.5 Å². The quantitative estimate of drug-likeness (QED) is 0.381. The molecule has 0 aliphatic carbocycles. The lowest BCUT2D eigenvalue weighted by Crippen LogP contribution is -2.28. The molecule has 0 aliphatic heterocycles. The second-order valence-electron chi connectivity index (χ2n) is 7.26. The Morgan fingerprint density at radius 3 is 2.52 bits per heavy atom. The van der Waals surface area contributed by atoms with Gasteiger partial charge in [-0.25, -0.2) is 4.98 Å². The fourth-order valence-electron chi connectivity index (χ4n) is 3.06. The number of carbonyl (C=O) groups is 1. The van der Waals surface area contributed by atoms with Crippen LogP contribution in [-0.2, 0) is 11.3 Å². The number of aromatic nitrogens is 1. The average molecular weight is 455 g/mol. The molecule has 0 atom stereocenters. The van der Waals surface area contributed by atoms with Gasteiger partial charge in [-0.15, -0.1) is 0 Å². The number of halogens is 2. The monoisotopic (exact) mass is 454 g/mol. The molecule has 31 heavy (non-hydrogen) atoms. The van der Waals surface area contributed by atoms with Crippen molar-refractivity contribution in [2.24, 2.45) is 0 Å².